The Bertz CT molecular complexity index is 228. The Morgan fingerprint density at radius 2 is 2.36 bits per heavy atom. The molecule has 1 aliphatic carbocycles. The van der Waals surface area contributed by atoms with Crippen LogP contribution in [-0.2, 0) is 4.79 Å². The molecular formula is C11H18N2O. The van der Waals surface area contributed by atoms with Crippen LogP contribution in [0.4, 0.5) is 0 Å². The Hall–Kier alpha value is -1.04. The van der Waals surface area contributed by atoms with Gasteiger partial charge in [-0.25, -0.2) is 0 Å². The van der Waals surface area contributed by atoms with E-state index in [2.05, 4.69) is 5.32 Å². The maximum atomic E-state index is 11.4. The third-order valence-corrected chi connectivity index (χ3v) is 2.96. The van der Waals surface area contributed by atoms with Crippen molar-refractivity contribution in [2.24, 2.45) is 11.8 Å². The molecule has 0 bridgehead atoms. The average molecular weight is 194 g/mol. The van der Waals surface area contributed by atoms with E-state index in [-0.39, 0.29) is 5.91 Å². The van der Waals surface area contributed by atoms with E-state index in [0.717, 1.165) is 18.9 Å². The summed E-state index contributed by atoms with van der Waals surface area (Å²) in [6.45, 7) is 2.60. The van der Waals surface area contributed by atoms with Gasteiger partial charge in [0.2, 0.25) is 5.91 Å². The van der Waals surface area contributed by atoms with Crippen molar-refractivity contribution in [2.45, 2.75) is 39.0 Å². The van der Waals surface area contributed by atoms with Crippen molar-refractivity contribution in [1.82, 2.24) is 5.32 Å². The molecule has 78 valence electrons. The quantitative estimate of drug-likeness (QED) is 0.726. The molecule has 0 radical (unpaired) electrons. The van der Waals surface area contributed by atoms with E-state index in [9.17, 15) is 4.79 Å². The maximum Gasteiger partial charge on any atom is 0.237 e. The fraction of sp³-hybridized carbons (Fsp3) is 0.818. The average Bonchev–Trinajstić information content (AvgIpc) is 2.11. The number of nitriles is 1. The van der Waals surface area contributed by atoms with Gasteiger partial charge in [-0.1, -0.05) is 26.2 Å². The fourth-order valence-electron chi connectivity index (χ4n) is 1.64. The fourth-order valence-corrected chi connectivity index (χ4v) is 1.64. The number of hydrogen-bond acceptors (Lipinski definition) is 2. The molecule has 1 saturated carbocycles. The van der Waals surface area contributed by atoms with E-state index in [1.807, 2.05) is 13.0 Å². The van der Waals surface area contributed by atoms with Gasteiger partial charge in [-0.3, -0.25) is 4.79 Å². The minimum atomic E-state index is -0.462. The summed E-state index contributed by atoms with van der Waals surface area (Å²) >= 11 is 0. The number of nitrogens with one attached hydrogen (secondary N) is 1. The Balaban J connectivity index is 2.10. The van der Waals surface area contributed by atoms with Crippen molar-refractivity contribution in [3.05, 3.63) is 0 Å². The standard InChI is InChI=1S/C11H18N2O/c1-2-10(8-12)11(14)13-7-6-9-4-3-5-9/h9-10H,2-7H2,1H3,(H,13,14). The topological polar surface area (TPSA) is 52.9 Å². The lowest BCUT2D eigenvalue weighted by molar-refractivity contribution is -0.123. The lowest BCUT2D eigenvalue weighted by Gasteiger charge is -2.25. The van der Waals surface area contributed by atoms with Crippen molar-refractivity contribution in [3.8, 4) is 6.07 Å². The monoisotopic (exact) mass is 194 g/mol. The van der Waals surface area contributed by atoms with Gasteiger partial charge in [0.25, 0.3) is 0 Å². The van der Waals surface area contributed by atoms with Crippen LogP contribution < -0.4 is 5.32 Å². The van der Waals surface area contributed by atoms with E-state index in [0.29, 0.717) is 6.42 Å². The van der Waals surface area contributed by atoms with E-state index in [1.165, 1.54) is 19.3 Å². The SMILES string of the molecule is CCC(C#N)C(=O)NCCC1CCC1. The first kappa shape index (κ1) is 11.0. The summed E-state index contributed by atoms with van der Waals surface area (Å²) in [6, 6.07) is 2.01. The molecule has 0 aromatic heterocycles. The molecule has 0 aromatic carbocycles. The number of rotatable bonds is 5. The van der Waals surface area contributed by atoms with Crippen LogP contribution >= 0.6 is 0 Å². The molecule has 1 N–H and O–H groups in total. The van der Waals surface area contributed by atoms with Gasteiger partial charge in [-0.15, -0.1) is 0 Å². The predicted octanol–water partition coefficient (Wildman–Crippen LogP) is 1.84. The van der Waals surface area contributed by atoms with Crippen molar-refractivity contribution < 1.29 is 4.79 Å². The number of nitrogens with zero attached hydrogens (tertiary/aromatic N) is 1. The summed E-state index contributed by atoms with van der Waals surface area (Å²) in [5.41, 5.74) is 0. The first-order chi connectivity index (χ1) is 6.77. The Labute approximate surface area is 85.5 Å². The van der Waals surface area contributed by atoms with Crippen molar-refractivity contribution in [2.75, 3.05) is 6.54 Å². The minimum Gasteiger partial charge on any atom is -0.355 e. The number of carbonyl (C=O) groups excluding carboxylic acids is 1. The highest BCUT2D eigenvalue weighted by Gasteiger charge is 2.18. The van der Waals surface area contributed by atoms with Crippen LogP contribution in [0.15, 0.2) is 0 Å². The molecule has 0 saturated heterocycles. The van der Waals surface area contributed by atoms with Crippen LogP contribution in [0.1, 0.15) is 39.0 Å². The molecule has 3 heteroatoms. The van der Waals surface area contributed by atoms with Gasteiger partial charge in [-0.05, 0) is 18.8 Å². The van der Waals surface area contributed by atoms with Crippen LogP contribution in [0.5, 0.6) is 0 Å². The van der Waals surface area contributed by atoms with Crippen LogP contribution in [0.25, 0.3) is 0 Å². The molecule has 1 fully saturated rings. The maximum absolute atomic E-state index is 11.4. The Morgan fingerprint density at radius 3 is 2.79 bits per heavy atom. The van der Waals surface area contributed by atoms with Crippen LogP contribution in [-0.4, -0.2) is 12.5 Å². The summed E-state index contributed by atoms with van der Waals surface area (Å²) in [4.78, 5) is 11.4. The minimum absolute atomic E-state index is 0.102. The number of carbonyl (C=O) groups is 1. The van der Waals surface area contributed by atoms with Crippen LogP contribution in [0, 0.1) is 23.2 Å². The van der Waals surface area contributed by atoms with Crippen molar-refractivity contribution in [3.63, 3.8) is 0 Å². The van der Waals surface area contributed by atoms with Crippen molar-refractivity contribution >= 4 is 5.91 Å². The zero-order valence-electron chi connectivity index (χ0n) is 8.75. The molecule has 14 heavy (non-hydrogen) atoms. The van der Waals surface area contributed by atoms with Gasteiger partial charge >= 0.3 is 0 Å². The predicted molar refractivity (Wildman–Crippen MR) is 54.4 cm³/mol. The molecule has 3 nitrogen and oxygen atoms in total. The normalized spacial score (nSPS) is 18.0. The summed E-state index contributed by atoms with van der Waals surface area (Å²) in [7, 11) is 0. The molecule has 1 atom stereocenters. The van der Waals surface area contributed by atoms with E-state index >= 15 is 0 Å². The highest BCUT2D eigenvalue weighted by atomic mass is 16.1. The molecule has 1 amide bonds. The van der Waals surface area contributed by atoms with Gasteiger partial charge in [0.05, 0.1) is 6.07 Å². The van der Waals surface area contributed by atoms with Gasteiger partial charge in [0, 0.05) is 6.54 Å². The summed E-state index contributed by atoms with van der Waals surface area (Å²) in [5.74, 6) is 0.253. The van der Waals surface area contributed by atoms with E-state index in [1.54, 1.807) is 0 Å². The Morgan fingerprint density at radius 1 is 1.64 bits per heavy atom. The third-order valence-electron chi connectivity index (χ3n) is 2.96. The summed E-state index contributed by atoms with van der Waals surface area (Å²) in [6.07, 6.45) is 5.64. The smallest absolute Gasteiger partial charge is 0.237 e. The highest BCUT2D eigenvalue weighted by Crippen LogP contribution is 2.28. The second-order valence-electron chi connectivity index (χ2n) is 3.97. The molecule has 0 aliphatic heterocycles. The van der Waals surface area contributed by atoms with Crippen LogP contribution in [0.2, 0.25) is 0 Å². The molecule has 0 aromatic rings. The lowest BCUT2D eigenvalue weighted by atomic mass is 9.83. The number of amides is 1. The molecular weight excluding hydrogens is 176 g/mol. The zero-order valence-corrected chi connectivity index (χ0v) is 8.75. The summed E-state index contributed by atoms with van der Waals surface area (Å²) in [5, 5.41) is 11.5. The zero-order chi connectivity index (χ0) is 10.4. The van der Waals surface area contributed by atoms with E-state index < -0.39 is 5.92 Å². The largest absolute Gasteiger partial charge is 0.355 e. The first-order valence-corrected chi connectivity index (χ1v) is 5.45. The van der Waals surface area contributed by atoms with Gasteiger partial charge in [0.15, 0.2) is 0 Å². The molecule has 0 spiro atoms. The Kier molecular flexibility index (Phi) is 4.45. The molecule has 0 heterocycles. The van der Waals surface area contributed by atoms with E-state index in [4.69, 9.17) is 5.26 Å². The highest BCUT2D eigenvalue weighted by molar-refractivity contribution is 5.80. The van der Waals surface area contributed by atoms with Gasteiger partial charge in [0.1, 0.15) is 5.92 Å². The molecule has 1 unspecified atom stereocenters. The second kappa shape index (κ2) is 5.64. The molecule has 1 aliphatic rings. The second-order valence-corrected chi connectivity index (χ2v) is 3.97. The third kappa shape index (κ3) is 3.02. The lowest BCUT2D eigenvalue weighted by Crippen LogP contribution is -2.32. The molecule has 1 rings (SSSR count). The summed E-state index contributed by atoms with van der Waals surface area (Å²) < 4.78 is 0. The first-order valence-electron chi connectivity index (χ1n) is 5.45. The van der Waals surface area contributed by atoms with Crippen molar-refractivity contribution in [1.29, 1.82) is 5.26 Å². The van der Waals surface area contributed by atoms with Gasteiger partial charge in [-0.2, -0.15) is 5.26 Å². The van der Waals surface area contributed by atoms with Crippen LogP contribution in [0.3, 0.4) is 0 Å². The number of hydrogen-bond donors (Lipinski definition) is 1. The van der Waals surface area contributed by atoms with Gasteiger partial charge < -0.3 is 5.32 Å².